The van der Waals surface area contributed by atoms with Crippen LogP contribution in [0.5, 0.6) is 0 Å². The van der Waals surface area contributed by atoms with Crippen LogP contribution in [-0.4, -0.2) is 37.1 Å². The molecule has 0 bridgehead atoms. The Hall–Kier alpha value is 0.210. The van der Waals surface area contributed by atoms with E-state index in [0.717, 1.165) is 13.1 Å². The molecule has 1 N–H and O–H groups in total. The van der Waals surface area contributed by atoms with Gasteiger partial charge in [0.15, 0.2) is 0 Å². The second-order valence-electron chi connectivity index (χ2n) is 3.02. The van der Waals surface area contributed by atoms with Crippen LogP contribution < -0.4 is 5.32 Å². The van der Waals surface area contributed by atoms with Gasteiger partial charge in [0.05, 0.1) is 0 Å². The summed E-state index contributed by atoms with van der Waals surface area (Å²) in [5.74, 6) is 0. The molecule has 2 nitrogen and oxygen atoms in total. The summed E-state index contributed by atoms with van der Waals surface area (Å²) < 4.78 is 0. The molecule has 0 aromatic carbocycles. The smallest absolute Gasteiger partial charge is 0.0192 e. The Balaban J connectivity index is 0.000000810. The lowest BCUT2D eigenvalue weighted by molar-refractivity contribution is 0.152. The first-order valence-electron chi connectivity index (χ1n) is 3.64. The maximum atomic E-state index is 3.37. The fourth-order valence-corrected chi connectivity index (χ4v) is 1.22. The largest absolute Gasteiger partial charge is 0.314 e. The molecule has 1 aliphatic heterocycles. The fourth-order valence-electron chi connectivity index (χ4n) is 1.22. The number of hydrogen-bond donors (Lipinski definition) is 1. The van der Waals surface area contributed by atoms with E-state index < -0.39 is 0 Å². The zero-order chi connectivity index (χ0) is 6.85. The molecule has 1 aliphatic rings. The van der Waals surface area contributed by atoms with E-state index in [2.05, 4.69) is 31.1 Å². The Labute approximate surface area is 69.4 Å². The minimum absolute atomic E-state index is 0. The predicted octanol–water partition coefficient (Wildman–Crippen LogP) is 0.720. The van der Waals surface area contributed by atoms with Crippen LogP contribution in [0.4, 0.5) is 0 Å². The summed E-state index contributed by atoms with van der Waals surface area (Å²) in [4.78, 5) is 2.41. The highest BCUT2D eigenvalue weighted by molar-refractivity contribution is 5.85. The van der Waals surface area contributed by atoms with Crippen LogP contribution in [0.3, 0.4) is 0 Å². The summed E-state index contributed by atoms with van der Waals surface area (Å²) in [5, 5.41) is 3.37. The first-order valence-corrected chi connectivity index (χ1v) is 3.64. The normalized spacial score (nSPS) is 35.1. The average molecular weight is 165 g/mol. The van der Waals surface area contributed by atoms with Crippen molar-refractivity contribution in [2.75, 3.05) is 20.1 Å². The van der Waals surface area contributed by atoms with Crippen molar-refractivity contribution in [3.8, 4) is 0 Å². The number of likely N-dealkylation sites (N-methyl/N-ethyl adjacent to an activating group) is 1. The fraction of sp³-hybridized carbons (Fsp3) is 1.00. The molecule has 1 fully saturated rings. The number of piperazine rings is 1. The molecule has 2 atom stereocenters. The Bertz CT molecular complexity index is 87.6. The topological polar surface area (TPSA) is 15.3 Å². The molecule has 62 valence electrons. The maximum absolute atomic E-state index is 3.37. The van der Waals surface area contributed by atoms with E-state index in [-0.39, 0.29) is 12.4 Å². The Morgan fingerprint density at radius 1 is 1.20 bits per heavy atom. The highest BCUT2D eigenvalue weighted by atomic mass is 35.5. The van der Waals surface area contributed by atoms with Gasteiger partial charge in [0.25, 0.3) is 0 Å². The van der Waals surface area contributed by atoms with Gasteiger partial charge in [-0.15, -0.1) is 12.4 Å². The summed E-state index contributed by atoms with van der Waals surface area (Å²) in [6.07, 6.45) is 0. The van der Waals surface area contributed by atoms with Crippen LogP contribution in [0, 0.1) is 0 Å². The summed E-state index contributed by atoms with van der Waals surface area (Å²) in [6, 6.07) is 1.41. The van der Waals surface area contributed by atoms with Crippen molar-refractivity contribution in [2.45, 2.75) is 25.9 Å². The van der Waals surface area contributed by atoms with Gasteiger partial charge in [-0.3, -0.25) is 4.90 Å². The molecule has 10 heavy (non-hydrogen) atoms. The van der Waals surface area contributed by atoms with E-state index in [0.29, 0.717) is 12.1 Å². The van der Waals surface area contributed by atoms with Crippen molar-refractivity contribution in [1.82, 2.24) is 10.2 Å². The predicted molar refractivity (Wildman–Crippen MR) is 46.8 cm³/mol. The molecule has 0 spiro atoms. The highest BCUT2D eigenvalue weighted by Crippen LogP contribution is 2.04. The van der Waals surface area contributed by atoms with E-state index in [1.54, 1.807) is 0 Å². The maximum Gasteiger partial charge on any atom is 0.0192 e. The first-order chi connectivity index (χ1) is 4.22. The number of halogens is 1. The summed E-state index contributed by atoms with van der Waals surface area (Å²) >= 11 is 0. The molecule has 1 saturated heterocycles. The lowest BCUT2D eigenvalue weighted by Crippen LogP contribution is -2.52. The van der Waals surface area contributed by atoms with Gasteiger partial charge in [-0.05, 0) is 20.9 Å². The quantitative estimate of drug-likeness (QED) is 0.568. The number of nitrogens with zero attached hydrogens (tertiary/aromatic N) is 1. The van der Waals surface area contributed by atoms with Gasteiger partial charge in [-0.2, -0.15) is 0 Å². The molecule has 1 rings (SSSR count). The van der Waals surface area contributed by atoms with Gasteiger partial charge in [-0.1, -0.05) is 0 Å². The molecule has 1 heterocycles. The van der Waals surface area contributed by atoms with Crippen molar-refractivity contribution in [3.05, 3.63) is 0 Å². The molecular formula is C7H17ClN2. The van der Waals surface area contributed by atoms with E-state index in [1.807, 2.05) is 0 Å². The molecule has 0 amide bonds. The van der Waals surface area contributed by atoms with Crippen LogP contribution in [0.2, 0.25) is 0 Å². The van der Waals surface area contributed by atoms with Crippen molar-refractivity contribution in [3.63, 3.8) is 0 Å². The van der Waals surface area contributed by atoms with E-state index >= 15 is 0 Å². The second kappa shape index (κ2) is 4.16. The molecule has 0 radical (unpaired) electrons. The Kier molecular flexibility index (Phi) is 4.25. The molecule has 0 aromatic heterocycles. The lowest BCUT2D eigenvalue weighted by atomic mass is 10.1. The molecule has 0 aromatic rings. The summed E-state index contributed by atoms with van der Waals surface area (Å²) in [5.41, 5.74) is 0. The third-order valence-electron chi connectivity index (χ3n) is 2.27. The molecule has 3 heteroatoms. The second-order valence-corrected chi connectivity index (χ2v) is 3.02. The van der Waals surface area contributed by atoms with E-state index in [1.165, 1.54) is 0 Å². The van der Waals surface area contributed by atoms with Crippen LogP contribution in [0.25, 0.3) is 0 Å². The molecule has 0 saturated carbocycles. The third kappa shape index (κ3) is 2.11. The SMILES string of the molecule is C[C@H]1CNC[C@H](C)N1C.Cl. The van der Waals surface area contributed by atoms with Crippen LogP contribution in [0.1, 0.15) is 13.8 Å². The summed E-state index contributed by atoms with van der Waals surface area (Å²) in [7, 11) is 2.19. The molecular weight excluding hydrogens is 148 g/mol. The number of hydrogen-bond acceptors (Lipinski definition) is 2. The number of rotatable bonds is 0. The zero-order valence-electron chi connectivity index (χ0n) is 6.92. The number of nitrogens with one attached hydrogen (secondary N) is 1. The Morgan fingerprint density at radius 3 is 1.90 bits per heavy atom. The third-order valence-corrected chi connectivity index (χ3v) is 2.27. The minimum Gasteiger partial charge on any atom is -0.314 e. The zero-order valence-corrected chi connectivity index (χ0v) is 7.74. The highest BCUT2D eigenvalue weighted by Gasteiger charge is 2.19. The van der Waals surface area contributed by atoms with Crippen LogP contribution >= 0.6 is 12.4 Å². The van der Waals surface area contributed by atoms with Gasteiger partial charge >= 0.3 is 0 Å². The van der Waals surface area contributed by atoms with E-state index in [4.69, 9.17) is 0 Å². The Morgan fingerprint density at radius 2 is 1.60 bits per heavy atom. The van der Waals surface area contributed by atoms with E-state index in [9.17, 15) is 0 Å². The van der Waals surface area contributed by atoms with Gasteiger partial charge in [0.2, 0.25) is 0 Å². The summed E-state index contributed by atoms with van der Waals surface area (Å²) in [6.45, 7) is 6.78. The van der Waals surface area contributed by atoms with Gasteiger partial charge in [0.1, 0.15) is 0 Å². The monoisotopic (exact) mass is 164 g/mol. The van der Waals surface area contributed by atoms with Crippen LogP contribution in [0.15, 0.2) is 0 Å². The van der Waals surface area contributed by atoms with Crippen molar-refractivity contribution in [2.24, 2.45) is 0 Å². The first kappa shape index (κ1) is 10.2. The van der Waals surface area contributed by atoms with Crippen molar-refractivity contribution in [1.29, 1.82) is 0 Å². The van der Waals surface area contributed by atoms with Crippen molar-refractivity contribution < 1.29 is 0 Å². The standard InChI is InChI=1S/C7H16N2.ClH/c1-6-4-8-5-7(2)9(6)3;/h6-8H,4-5H2,1-3H3;1H/t6-,7-;/m0./s1. The van der Waals surface area contributed by atoms with Gasteiger partial charge < -0.3 is 5.32 Å². The van der Waals surface area contributed by atoms with Gasteiger partial charge in [-0.25, -0.2) is 0 Å². The van der Waals surface area contributed by atoms with Crippen LogP contribution in [-0.2, 0) is 0 Å². The molecule has 0 unspecified atom stereocenters. The molecule has 0 aliphatic carbocycles. The lowest BCUT2D eigenvalue weighted by Gasteiger charge is -2.36. The minimum atomic E-state index is 0. The van der Waals surface area contributed by atoms with Gasteiger partial charge in [0, 0.05) is 25.2 Å². The average Bonchev–Trinajstić information content (AvgIpc) is 1.83. The van der Waals surface area contributed by atoms with Crippen molar-refractivity contribution >= 4 is 12.4 Å².